The Kier molecular flexibility index (Phi) is 6.96. The van der Waals surface area contributed by atoms with E-state index in [2.05, 4.69) is 55.3 Å². The number of hydrogen-bond donors (Lipinski definition) is 1. The van der Waals surface area contributed by atoms with E-state index in [4.69, 9.17) is 4.74 Å². The van der Waals surface area contributed by atoms with Crippen LogP contribution in [0.3, 0.4) is 0 Å². The van der Waals surface area contributed by atoms with Crippen molar-refractivity contribution in [3.8, 4) is 5.75 Å². The normalized spacial score (nSPS) is 15.9. The van der Waals surface area contributed by atoms with E-state index in [0.717, 1.165) is 18.8 Å². The van der Waals surface area contributed by atoms with Gasteiger partial charge in [0, 0.05) is 6.54 Å². The number of nitrogens with zero attached hydrogens (tertiary/aromatic N) is 1. The molecule has 4 heteroatoms. The quantitative estimate of drug-likeness (QED) is 0.745. The molecule has 29 heavy (non-hydrogen) atoms. The molecule has 1 unspecified atom stereocenters. The van der Waals surface area contributed by atoms with Gasteiger partial charge in [-0.3, -0.25) is 9.69 Å². The molecule has 1 aliphatic rings. The van der Waals surface area contributed by atoms with Crippen molar-refractivity contribution >= 4 is 5.91 Å². The Balaban J connectivity index is 1.60. The van der Waals surface area contributed by atoms with Crippen LogP contribution in [0.2, 0.25) is 0 Å². The summed E-state index contributed by atoms with van der Waals surface area (Å²) in [5.74, 6) is 0.640. The molecule has 2 aromatic rings. The highest BCUT2D eigenvalue weighted by molar-refractivity contribution is 5.77. The minimum atomic E-state index is -0.0823. The molecule has 1 amide bonds. The third-order valence-corrected chi connectivity index (χ3v) is 5.63. The van der Waals surface area contributed by atoms with Crippen LogP contribution in [0.4, 0.5) is 0 Å². The summed E-state index contributed by atoms with van der Waals surface area (Å²) in [7, 11) is 0. The fraction of sp³-hybridized carbons (Fsp3) is 0.480. The van der Waals surface area contributed by atoms with Gasteiger partial charge in [0.2, 0.25) is 0 Å². The highest BCUT2D eigenvalue weighted by Crippen LogP contribution is 2.28. The van der Waals surface area contributed by atoms with E-state index in [1.807, 2.05) is 31.2 Å². The first kappa shape index (κ1) is 21.4. The van der Waals surface area contributed by atoms with E-state index < -0.39 is 0 Å². The van der Waals surface area contributed by atoms with Gasteiger partial charge in [-0.2, -0.15) is 0 Å². The molecule has 1 heterocycles. The van der Waals surface area contributed by atoms with Crippen LogP contribution in [0.15, 0.2) is 48.5 Å². The SMILES string of the molecule is Cc1ccc(OCC(=O)NCC(c2ccc(C(C)(C)C)cc2)N2CCCC2)cc1. The number of benzene rings is 2. The zero-order valence-electron chi connectivity index (χ0n) is 18.2. The van der Waals surface area contributed by atoms with Gasteiger partial charge in [0.15, 0.2) is 6.61 Å². The van der Waals surface area contributed by atoms with E-state index in [9.17, 15) is 4.79 Å². The third-order valence-electron chi connectivity index (χ3n) is 5.63. The van der Waals surface area contributed by atoms with Crippen molar-refractivity contribution in [3.05, 3.63) is 65.2 Å². The molecule has 3 rings (SSSR count). The van der Waals surface area contributed by atoms with Crippen LogP contribution in [0.25, 0.3) is 0 Å². The van der Waals surface area contributed by atoms with Crippen LogP contribution in [0, 0.1) is 6.92 Å². The molecule has 0 radical (unpaired) electrons. The number of likely N-dealkylation sites (tertiary alicyclic amines) is 1. The zero-order chi connectivity index (χ0) is 20.9. The van der Waals surface area contributed by atoms with E-state index in [-0.39, 0.29) is 24.0 Å². The van der Waals surface area contributed by atoms with Crippen molar-refractivity contribution in [2.45, 2.75) is 52.0 Å². The second kappa shape index (κ2) is 9.45. The van der Waals surface area contributed by atoms with Crippen LogP contribution >= 0.6 is 0 Å². The average Bonchev–Trinajstić information content (AvgIpc) is 3.22. The maximum absolute atomic E-state index is 12.4. The summed E-state index contributed by atoms with van der Waals surface area (Å²) in [6, 6.07) is 16.8. The minimum absolute atomic E-state index is 0.0404. The largest absolute Gasteiger partial charge is 0.484 e. The van der Waals surface area contributed by atoms with Gasteiger partial charge in [-0.15, -0.1) is 0 Å². The number of hydrogen-bond acceptors (Lipinski definition) is 3. The number of amides is 1. The molecule has 0 aromatic heterocycles. The van der Waals surface area contributed by atoms with Gasteiger partial charge in [0.1, 0.15) is 5.75 Å². The standard InChI is InChI=1S/C25H34N2O2/c1-19-7-13-22(14-8-19)29-18-24(28)26-17-23(27-15-5-6-16-27)20-9-11-21(12-10-20)25(2,3)4/h7-14,23H,5-6,15-18H2,1-4H3,(H,26,28). The number of nitrogens with one attached hydrogen (secondary N) is 1. The maximum atomic E-state index is 12.4. The predicted octanol–water partition coefficient (Wildman–Crippen LogP) is 4.62. The van der Waals surface area contributed by atoms with E-state index in [1.54, 1.807) is 0 Å². The number of ether oxygens (including phenoxy) is 1. The molecule has 2 aromatic carbocycles. The van der Waals surface area contributed by atoms with Crippen molar-refractivity contribution in [3.63, 3.8) is 0 Å². The van der Waals surface area contributed by atoms with E-state index in [0.29, 0.717) is 6.54 Å². The molecule has 0 saturated carbocycles. The fourth-order valence-electron chi connectivity index (χ4n) is 3.76. The summed E-state index contributed by atoms with van der Waals surface area (Å²) in [5, 5.41) is 3.08. The summed E-state index contributed by atoms with van der Waals surface area (Å²) in [5.41, 5.74) is 3.91. The summed E-state index contributed by atoms with van der Waals surface area (Å²) in [4.78, 5) is 14.8. The third kappa shape index (κ3) is 6.07. The zero-order valence-corrected chi connectivity index (χ0v) is 18.2. The van der Waals surface area contributed by atoms with Crippen molar-refractivity contribution in [1.82, 2.24) is 10.2 Å². The van der Waals surface area contributed by atoms with Crippen LogP contribution in [0.1, 0.15) is 56.3 Å². The Hall–Kier alpha value is -2.33. The minimum Gasteiger partial charge on any atom is -0.484 e. The van der Waals surface area contributed by atoms with Crippen molar-refractivity contribution in [2.75, 3.05) is 26.2 Å². The summed E-state index contributed by atoms with van der Waals surface area (Å²) in [6.07, 6.45) is 2.45. The number of rotatable bonds is 7. The molecule has 1 N–H and O–H groups in total. The first-order valence-electron chi connectivity index (χ1n) is 10.6. The lowest BCUT2D eigenvalue weighted by Crippen LogP contribution is -2.38. The lowest BCUT2D eigenvalue weighted by atomic mass is 9.86. The number of carbonyl (C=O) groups excluding carboxylic acids is 1. The van der Waals surface area contributed by atoms with Crippen LogP contribution in [-0.4, -0.2) is 37.0 Å². The first-order chi connectivity index (χ1) is 13.8. The predicted molar refractivity (Wildman–Crippen MR) is 118 cm³/mol. The second-order valence-corrected chi connectivity index (χ2v) is 9.04. The Morgan fingerprint density at radius 1 is 1.03 bits per heavy atom. The number of carbonyl (C=O) groups is 1. The summed E-state index contributed by atoms with van der Waals surface area (Å²) in [6.45, 7) is 11.5. The van der Waals surface area contributed by atoms with Crippen molar-refractivity contribution in [1.29, 1.82) is 0 Å². The lowest BCUT2D eigenvalue weighted by Gasteiger charge is -2.29. The molecule has 1 atom stereocenters. The molecule has 1 aliphatic heterocycles. The lowest BCUT2D eigenvalue weighted by molar-refractivity contribution is -0.123. The van der Waals surface area contributed by atoms with Gasteiger partial charge < -0.3 is 10.1 Å². The monoisotopic (exact) mass is 394 g/mol. The van der Waals surface area contributed by atoms with Gasteiger partial charge in [0.05, 0.1) is 6.04 Å². The van der Waals surface area contributed by atoms with Crippen molar-refractivity contribution < 1.29 is 9.53 Å². The topological polar surface area (TPSA) is 41.6 Å². The van der Waals surface area contributed by atoms with Gasteiger partial charge in [0.25, 0.3) is 5.91 Å². The van der Waals surface area contributed by atoms with Crippen LogP contribution in [-0.2, 0) is 10.2 Å². The molecule has 1 saturated heterocycles. The number of aryl methyl sites for hydroxylation is 1. The van der Waals surface area contributed by atoms with Gasteiger partial charge in [-0.05, 0) is 61.5 Å². The molecule has 1 fully saturated rings. The van der Waals surface area contributed by atoms with Gasteiger partial charge in [-0.1, -0.05) is 62.7 Å². The summed E-state index contributed by atoms with van der Waals surface area (Å²) < 4.78 is 5.61. The maximum Gasteiger partial charge on any atom is 0.258 e. The second-order valence-electron chi connectivity index (χ2n) is 9.04. The highest BCUT2D eigenvalue weighted by Gasteiger charge is 2.24. The summed E-state index contributed by atoms with van der Waals surface area (Å²) >= 11 is 0. The van der Waals surface area contributed by atoms with E-state index in [1.165, 1.54) is 29.5 Å². The smallest absolute Gasteiger partial charge is 0.258 e. The molecular formula is C25H34N2O2. The Morgan fingerprint density at radius 3 is 2.24 bits per heavy atom. The van der Waals surface area contributed by atoms with Crippen LogP contribution < -0.4 is 10.1 Å². The van der Waals surface area contributed by atoms with Crippen LogP contribution in [0.5, 0.6) is 5.75 Å². The highest BCUT2D eigenvalue weighted by atomic mass is 16.5. The Bertz CT molecular complexity index is 785. The first-order valence-corrected chi connectivity index (χ1v) is 10.6. The molecule has 0 spiro atoms. The fourth-order valence-corrected chi connectivity index (χ4v) is 3.76. The average molecular weight is 395 g/mol. The Labute approximate surface area is 175 Å². The van der Waals surface area contributed by atoms with Gasteiger partial charge in [-0.25, -0.2) is 0 Å². The molecule has 156 valence electrons. The molecule has 4 nitrogen and oxygen atoms in total. The molecule has 0 bridgehead atoms. The van der Waals surface area contributed by atoms with Crippen molar-refractivity contribution in [2.24, 2.45) is 0 Å². The Morgan fingerprint density at radius 2 is 1.66 bits per heavy atom. The molecule has 0 aliphatic carbocycles. The van der Waals surface area contributed by atoms with E-state index >= 15 is 0 Å². The molecular weight excluding hydrogens is 360 g/mol. The van der Waals surface area contributed by atoms with Gasteiger partial charge >= 0.3 is 0 Å².